The summed E-state index contributed by atoms with van der Waals surface area (Å²) in [6.45, 7) is 1.75. The minimum atomic E-state index is -0.197. The lowest BCUT2D eigenvalue weighted by Gasteiger charge is -2.05. The van der Waals surface area contributed by atoms with Crippen molar-refractivity contribution in [2.75, 3.05) is 5.73 Å². The van der Waals surface area contributed by atoms with Gasteiger partial charge in [0.15, 0.2) is 5.16 Å². The Balaban J connectivity index is 2.34. The largest absolute Gasteiger partial charge is 0.398 e. The van der Waals surface area contributed by atoms with Gasteiger partial charge in [-0.25, -0.2) is 4.98 Å². The number of rotatable bonds is 2. The summed E-state index contributed by atoms with van der Waals surface area (Å²) in [5, 5.41) is 9.23. The molecule has 0 aliphatic rings. The fraction of sp³-hybridized carbons (Fsp3) is 0.0833. The maximum atomic E-state index is 11.3. The third-order valence-electron chi connectivity index (χ3n) is 2.19. The van der Waals surface area contributed by atoms with Crippen LogP contribution in [-0.4, -0.2) is 9.97 Å². The number of hydrogen-bond acceptors (Lipinski definition) is 5. The maximum absolute atomic E-state index is 11.3. The Bertz CT molecular complexity index is 687. The lowest BCUT2D eigenvalue weighted by atomic mass is 10.2. The van der Waals surface area contributed by atoms with E-state index in [9.17, 15) is 4.79 Å². The van der Waals surface area contributed by atoms with Crippen LogP contribution in [0.3, 0.4) is 0 Å². The third kappa shape index (κ3) is 2.70. The highest BCUT2D eigenvalue weighted by Gasteiger charge is 2.05. The molecule has 0 radical (unpaired) electrons. The molecule has 5 nitrogen and oxygen atoms in total. The number of aryl methyl sites for hydroxylation is 1. The fourth-order valence-electron chi connectivity index (χ4n) is 1.42. The highest BCUT2D eigenvalue weighted by atomic mass is 32.2. The van der Waals surface area contributed by atoms with Gasteiger partial charge in [0.2, 0.25) is 0 Å². The Morgan fingerprint density at radius 3 is 2.83 bits per heavy atom. The van der Waals surface area contributed by atoms with E-state index in [-0.39, 0.29) is 5.56 Å². The second-order valence-electron chi connectivity index (χ2n) is 3.66. The van der Waals surface area contributed by atoms with Gasteiger partial charge in [-0.2, -0.15) is 5.26 Å². The zero-order chi connectivity index (χ0) is 13.1. The van der Waals surface area contributed by atoms with Crippen molar-refractivity contribution in [3.05, 3.63) is 45.9 Å². The van der Waals surface area contributed by atoms with Crippen molar-refractivity contribution in [1.29, 1.82) is 5.26 Å². The zero-order valence-corrected chi connectivity index (χ0v) is 10.4. The number of H-pyrrole nitrogens is 1. The summed E-state index contributed by atoms with van der Waals surface area (Å²) in [4.78, 5) is 18.9. The quantitative estimate of drug-likeness (QED) is 0.631. The number of benzene rings is 1. The molecule has 0 aliphatic carbocycles. The second kappa shape index (κ2) is 4.94. The molecule has 0 spiro atoms. The van der Waals surface area contributed by atoms with Gasteiger partial charge >= 0.3 is 0 Å². The Kier molecular flexibility index (Phi) is 3.35. The number of nitrogens with two attached hydrogens (primary N) is 1. The minimum Gasteiger partial charge on any atom is -0.398 e. The number of hydrogen-bond donors (Lipinski definition) is 2. The molecule has 1 aromatic carbocycles. The van der Waals surface area contributed by atoms with Crippen molar-refractivity contribution in [1.82, 2.24) is 9.97 Å². The van der Waals surface area contributed by atoms with Crippen LogP contribution in [-0.2, 0) is 0 Å². The number of nitriles is 1. The van der Waals surface area contributed by atoms with E-state index in [0.717, 1.165) is 4.90 Å². The molecule has 18 heavy (non-hydrogen) atoms. The smallest absolute Gasteiger partial charge is 0.251 e. The average Bonchev–Trinajstić information content (AvgIpc) is 2.30. The van der Waals surface area contributed by atoms with E-state index in [1.807, 2.05) is 6.07 Å². The van der Waals surface area contributed by atoms with Crippen LogP contribution in [0, 0.1) is 18.3 Å². The zero-order valence-electron chi connectivity index (χ0n) is 9.60. The first kappa shape index (κ1) is 12.2. The lowest BCUT2D eigenvalue weighted by Crippen LogP contribution is -2.08. The van der Waals surface area contributed by atoms with Crippen LogP contribution in [0.1, 0.15) is 11.3 Å². The first-order valence-corrected chi connectivity index (χ1v) is 5.95. The van der Waals surface area contributed by atoms with Gasteiger partial charge in [0.25, 0.3) is 5.56 Å². The van der Waals surface area contributed by atoms with Gasteiger partial charge in [0, 0.05) is 22.3 Å². The van der Waals surface area contributed by atoms with Crippen molar-refractivity contribution >= 4 is 17.4 Å². The molecule has 0 aliphatic heterocycles. The molecule has 3 N–H and O–H groups in total. The van der Waals surface area contributed by atoms with Crippen molar-refractivity contribution in [2.45, 2.75) is 17.0 Å². The molecule has 90 valence electrons. The summed E-state index contributed by atoms with van der Waals surface area (Å²) in [5.41, 5.74) is 7.27. The van der Waals surface area contributed by atoms with Gasteiger partial charge in [-0.3, -0.25) is 4.79 Å². The van der Waals surface area contributed by atoms with E-state index >= 15 is 0 Å². The van der Waals surface area contributed by atoms with Crippen LogP contribution in [0.15, 0.2) is 39.1 Å². The third-order valence-corrected chi connectivity index (χ3v) is 3.17. The predicted octanol–water partition coefficient (Wildman–Crippen LogP) is 1.68. The average molecular weight is 258 g/mol. The normalized spacial score (nSPS) is 10.0. The molecule has 0 saturated heterocycles. The van der Waals surface area contributed by atoms with Crippen LogP contribution < -0.4 is 11.3 Å². The lowest BCUT2D eigenvalue weighted by molar-refractivity contribution is 0.905. The Morgan fingerprint density at radius 1 is 1.44 bits per heavy atom. The molecule has 2 rings (SSSR count). The van der Waals surface area contributed by atoms with Crippen LogP contribution >= 0.6 is 11.8 Å². The second-order valence-corrected chi connectivity index (χ2v) is 4.69. The molecular formula is C12H10N4OS. The van der Waals surface area contributed by atoms with Crippen LogP contribution in [0.2, 0.25) is 0 Å². The van der Waals surface area contributed by atoms with Crippen LogP contribution in [0.4, 0.5) is 5.69 Å². The molecular weight excluding hydrogens is 248 g/mol. The number of nitrogens with zero attached hydrogens (tertiary/aromatic N) is 2. The summed E-state index contributed by atoms with van der Waals surface area (Å²) in [6, 6.07) is 8.44. The summed E-state index contributed by atoms with van der Waals surface area (Å²) < 4.78 is 0. The summed E-state index contributed by atoms with van der Waals surface area (Å²) >= 11 is 1.26. The van der Waals surface area contributed by atoms with Gasteiger partial charge in [0.05, 0.1) is 11.6 Å². The molecule has 0 bridgehead atoms. The van der Waals surface area contributed by atoms with Crippen LogP contribution in [0.5, 0.6) is 0 Å². The van der Waals surface area contributed by atoms with Crippen molar-refractivity contribution < 1.29 is 0 Å². The van der Waals surface area contributed by atoms with Gasteiger partial charge in [-0.15, -0.1) is 0 Å². The molecule has 1 heterocycles. The first-order chi connectivity index (χ1) is 8.58. The highest BCUT2D eigenvalue weighted by molar-refractivity contribution is 7.99. The molecule has 1 aromatic heterocycles. The number of nitrogens with one attached hydrogen (secondary N) is 1. The highest BCUT2D eigenvalue weighted by Crippen LogP contribution is 2.29. The molecule has 0 fully saturated rings. The monoisotopic (exact) mass is 258 g/mol. The molecule has 0 amide bonds. The summed E-state index contributed by atoms with van der Waals surface area (Å²) in [6.07, 6.45) is 0. The minimum absolute atomic E-state index is 0.197. The number of anilines is 1. The van der Waals surface area contributed by atoms with Gasteiger partial charge in [0.1, 0.15) is 0 Å². The fourth-order valence-corrected chi connectivity index (χ4v) is 2.28. The van der Waals surface area contributed by atoms with Crippen LogP contribution in [0.25, 0.3) is 0 Å². The van der Waals surface area contributed by atoms with Gasteiger partial charge in [-0.1, -0.05) is 0 Å². The number of nitrogen functional groups attached to an aromatic ring is 1. The van der Waals surface area contributed by atoms with Gasteiger partial charge < -0.3 is 10.7 Å². The molecule has 0 atom stereocenters. The maximum Gasteiger partial charge on any atom is 0.251 e. The summed E-state index contributed by atoms with van der Waals surface area (Å²) in [5.74, 6) is 0. The Hall–Kier alpha value is -2.26. The van der Waals surface area contributed by atoms with E-state index < -0.39 is 0 Å². The van der Waals surface area contributed by atoms with Crippen molar-refractivity contribution in [3.8, 4) is 6.07 Å². The van der Waals surface area contributed by atoms with Gasteiger partial charge in [-0.05, 0) is 36.9 Å². The van der Waals surface area contributed by atoms with E-state index in [1.165, 1.54) is 17.8 Å². The van der Waals surface area contributed by atoms with E-state index in [4.69, 9.17) is 11.0 Å². The number of aromatic amines is 1. The number of aromatic nitrogens is 2. The standard InChI is InChI=1S/C12H10N4OS/c1-7-4-11(17)16-12(15-7)18-10-3-2-8(6-13)5-9(10)14/h2-5H,14H2,1H3,(H,15,16,17). The topological polar surface area (TPSA) is 95.6 Å². The van der Waals surface area contributed by atoms with Crippen molar-refractivity contribution in [3.63, 3.8) is 0 Å². The van der Waals surface area contributed by atoms with E-state index in [0.29, 0.717) is 22.1 Å². The van der Waals surface area contributed by atoms with Crippen molar-refractivity contribution in [2.24, 2.45) is 0 Å². The Labute approximate surface area is 108 Å². The first-order valence-electron chi connectivity index (χ1n) is 5.14. The van der Waals surface area contributed by atoms with E-state index in [1.54, 1.807) is 25.1 Å². The van der Waals surface area contributed by atoms with E-state index in [2.05, 4.69) is 9.97 Å². The molecule has 6 heteroatoms. The Morgan fingerprint density at radius 2 is 2.22 bits per heavy atom. The predicted molar refractivity (Wildman–Crippen MR) is 69.3 cm³/mol. The molecule has 0 unspecified atom stereocenters. The summed E-state index contributed by atoms with van der Waals surface area (Å²) in [7, 11) is 0. The molecule has 0 saturated carbocycles. The SMILES string of the molecule is Cc1cc(=O)[nH]c(Sc2ccc(C#N)cc2N)n1. The molecule has 2 aromatic rings.